The van der Waals surface area contributed by atoms with Gasteiger partial charge in [-0.05, 0) is 62.1 Å². The Morgan fingerprint density at radius 1 is 1.13 bits per heavy atom. The number of benzene rings is 2. The number of nitrogens with one attached hydrogen (secondary N) is 1. The van der Waals surface area contributed by atoms with E-state index in [9.17, 15) is 18.0 Å². The molecule has 0 unspecified atom stereocenters. The van der Waals surface area contributed by atoms with Crippen LogP contribution in [0.1, 0.15) is 24.0 Å². The highest BCUT2D eigenvalue weighted by Gasteiger charge is 2.27. The maximum Gasteiger partial charge on any atom is 0.308 e. The molecule has 0 saturated carbocycles. The molecule has 1 aliphatic rings. The van der Waals surface area contributed by atoms with Gasteiger partial charge in [-0.25, -0.2) is 8.42 Å². The first kappa shape index (κ1) is 20.8. The van der Waals surface area contributed by atoms with Crippen LogP contribution in [0.25, 0.3) is 10.2 Å². The number of fused-ring (bicyclic) bond motifs is 1. The molecular formula is C21H23N3O4S2. The van der Waals surface area contributed by atoms with Crippen molar-refractivity contribution in [2.45, 2.75) is 38.1 Å². The average molecular weight is 446 g/mol. The van der Waals surface area contributed by atoms with Gasteiger partial charge in [0.25, 0.3) is 0 Å². The van der Waals surface area contributed by atoms with E-state index in [4.69, 9.17) is 0 Å². The Morgan fingerprint density at radius 2 is 1.87 bits per heavy atom. The Balaban J connectivity index is 1.61. The van der Waals surface area contributed by atoms with E-state index in [1.807, 2.05) is 32.0 Å². The highest BCUT2D eigenvalue weighted by molar-refractivity contribution is 7.89. The SMILES string of the molecule is Cc1cccc(NC(=O)Cn2c(=O)sc3cc(S(=O)(=O)N4CCCC4)ccc32)c1C. The van der Waals surface area contributed by atoms with E-state index in [1.54, 1.807) is 6.07 Å². The molecule has 3 aromatic rings. The first-order valence-electron chi connectivity index (χ1n) is 9.77. The predicted octanol–water partition coefficient (Wildman–Crippen LogP) is 3.10. The molecule has 4 rings (SSSR count). The number of sulfonamides is 1. The van der Waals surface area contributed by atoms with Gasteiger partial charge in [0.05, 0.1) is 15.1 Å². The van der Waals surface area contributed by atoms with E-state index in [-0.39, 0.29) is 22.2 Å². The number of thiazole rings is 1. The molecule has 1 aliphatic heterocycles. The number of aromatic nitrogens is 1. The second-order valence-electron chi connectivity index (χ2n) is 7.49. The van der Waals surface area contributed by atoms with Crippen molar-refractivity contribution in [1.29, 1.82) is 0 Å². The lowest BCUT2D eigenvalue weighted by molar-refractivity contribution is -0.116. The third kappa shape index (κ3) is 3.80. The maximum atomic E-state index is 12.8. The molecule has 0 atom stereocenters. The van der Waals surface area contributed by atoms with Gasteiger partial charge in [-0.1, -0.05) is 23.5 Å². The zero-order valence-corrected chi connectivity index (χ0v) is 18.5. The van der Waals surface area contributed by atoms with Crippen LogP contribution in [0.3, 0.4) is 0 Å². The van der Waals surface area contributed by atoms with Crippen LogP contribution in [-0.4, -0.2) is 36.3 Å². The van der Waals surface area contributed by atoms with Gasteiger partial charge in [-0.2, -0.15) is 4.31 Å². The molecule has 1 aromatic heterocycles. The fraction of sp³-hybridized carbons (Fsp3) is 0.333. The van der Waals surface area contributed by atoms with Crippen LogP contribution in [0.4, 0.5) is 5.69 Å². The number of aryl methyl sites for hydroxylation is 1. The van der Waals surface area contributed by atoms with Crippen LogP contribution < -0.4 is 10.2 Å². The number of rotatable bonds is 5. The summed E-state index contributed by atoms with van der Waals surface area (Å²) in [5.74, 6) is -0.306. The van der Waals surface area contributed by atoms with E-state index in [1.165, 1.54) is 21.0 Å². The summed E-state index contributed by atoms with van der Waals surface area (Å²) in [6, 6.07) is 10.3. The average Bonchev–Trinajstić information content (AvgIpc) is 3.34. The third-order valence-corrected chi connectivity index (χ3v) is 8.36. The molecule has 0 spiro atoms. The van der Waals surface area contributed by atoms with Gasteiger partial charge >= 0.3 is 4.87 Å². The fourth-order valence-corrected chi connectivity index (χ4v) is 6.20. The smallest absolute Gasteiger partial charge is 0.308 e. The Bertz CT molecular complexity index is 1290. The minimum absolute atomic E-state index is 0.134. The van der Waals surface area contributed by atoms with Crippen LogP contribution in [0.5, 0.6) is 0 Å². The van der Waals surface area contributed by atoms with Crippen molar-refractivity contribution in [2.75, 3.05) is 18.4 Å². The first-order chi connectivity index (χ1) is 14.3. The van der Waals surface area contributed by atoms with Gasteiger partial charge in [0.1, 0.15) is 6.54 Å². The third-order valence-electron chi connectivity index (χ3n) is 5.52. The van der Waals surface area contributed by atoms with Crippen molar-refractivity contribution in [1.82, 2.24) is 8.87 Å². The van der Waals surface area contributed by atoms with Crippen molar-refractivity contribution < 1.29 is 13.2 Å². The molecule has 1 saturated heterocycles. The number of hydrogen-bond donors (Lipinski definition) is 1. The summed E-state index contributed by atoms with van der Waals surface area (Å²) in [6.07, 6.45) is 1.72. The second kappa shape index (κ2) is 7.98. The molecule has 2 aromatic carbocycles. The number of hydrogen-bond acceptors (Lipinski definition) is 5. The van der Waals surface area contributed by atoms with Gasteiger partial charge in [0.2, 0.25) is 15.9 Å². The van der Waals surface area contributed by atoms with Crippen LogP contribution >= 0.6 is 11.3 Å². The van der Waals surface area contributed by atoms with Crippen molar-refractivity contribution in [3.05, 3.63) is 57.2 Å². The molecule has 9 heteroatoms. The minimum atomic E-state index is -3.56. The summed E-state index contributed by atoms with van der Waals surface area (Å²) < 4.78 is 29.0. The van der Waals surface area contributed by atoms with Crippen LogP contribution in [0.2, 0.25) is 0 Å². The van der Waals surface area contributed by atoms with E-state index < -0.39 is 10.0 Å². The van der Waals surface area contributed by atoms with Crippen LogP contribution in [0.15, 0.2) is 46.1 Å². The quantitative estimate of drug-likeness (QED) is 0.654. The topological polar surface area (TPSA) is 88.5 Å². The fourth-order valence-electron chi connectivity index (χ4n) is 3.65. The Labute approximate surface area is 179 Å². The summed E-state index contributed by atoms with van der Waals surface area (Å²) in [6.45, 7) is 4.81. The molecule has 0 aliphatic carbocycles. The highest BCUT2D eigenvalue weighted by atomic mass is 32.2. The lowest BCUT2D eigenvalue weighted by Crippen LogP contribution is -2.27. The molecule has 30 heavy (non-hydrogen) atoms. The molecule has 1 amide bonds. The van der Waals surface area contributed by atoms with Crippen molar-refractivity contribution in [3.63, 3.8) is 0 Å². The second-order valence-corrected chi connectivity index (χ2v) is 10.4. The molecular weight excluding hydrogens is 422 g/mol. The van der Waals surface area contributed by atoms with Crippen molar-refractivity contribution in [2.24, 2.45) is 0 Å². The van der Waals surface area contributed by atoms with Crippen molar-refractivity contribution in [3.8, 4) is 0 Å². The summed E-state index contributed by atoms with van der Waals surface area (Å²) in [5.41, 5.74) is 3.32. The van der Waals surface area contributed by atoms with E-state index in [2.05, 4.69) is 5.32 Å². The largest absolute Gasteiger partial charge is 0.324 e. The number of carbonyl (C=O) groups is 1. The van der Waals surface area contributed by atoms with Crippen LogP contribution in [0, 0.1) is 13.8 Å². The van der Waals surface area contributed by atoms with Gasteiger partial charge in [-0.3, -0.25) is 14.2 Å². The highest BCUT2D eigenvalue weighted by Crippen LogP contribution is 2.26. The van der Waals surface area contributed by atoms with E-state index >= 15 is 0 Å². The Morgan fingerprint density at radius 3 is 2.60 bits per heavy atom. The number of amides is 1. The molecule has 1 N–H and O–H groups in total. The summed E-state index contributed by atoms with van der Waals surface area (Å²) in [5, 5.41) is 2.86. The predicted molar refractivity (Wildman–Crippen MR) is 119 cm³/mol. The van der Waals surface area contributed by atoms with Gasteiger partial charge in [0.15, 0.2) is 0 Å². The van der Waals surface area contributed by atoms with Gasteiger partial charge in [-0.15, -0.1) is 0 Å². The van der Waals surface area contributed by atoms with Gasteiger partial charge in [0, 0.05) is 18.8 Å². The maximum absolute atomic E-state index is 12.8. The monoisotopic (exact) mass is 445 g/mol. The number of nitrogens with zero attached hydrogens (tertiary/aromatic N) is 2. The molecule has 1 fully saturated rings. The molecule has 2 heterocycles. The van der Waals surface area contributed by atoms with Crippen LogP contribution in [-0.2, 0) is 21.4 Å². The lowest BCUT2D eigenvalue weighted by atomic mass is 10.1. The van der Waals surface area contributed by atoms with E-state index in [0.29, 0.717) is 29.0 Å². The van der Waals surface area contributed by atoms with Crippen molar-refractivity contribution >= 4 is 43.2 Å². The zero-order chi connectivity index (χ0) is 21.5. The standard InChI is InChI=1S/C21H23N3O4S2/c1-14-6-5-7-17(15(14)2)22-20(25)13-24-18-9-8-16(12-19(18)29-21(24)26)30(27,28)23-10-3-4-11-23/h5-9,12H,3-4,10-11,13H2,1-2H3,(H,22,25). The minimum Gasteiger partial charge on any atom is -0.324 e. The Kier molecular flexibility index (Phi) is 5.52. The lowest BCUT2D eigenvalue weighted by Gasteiger charge is -2.15. The summed E-state index contributed by atoms with van der Waals surface area (Å²) >= 11 is 0.950. The van der Waals surface area contributed by atoms with Gasteiger partial charge < -0.3 is 5.32 Å². The summed E-state index contributed by atoms with van der Waals surface area (Å²) in [4.78, 5) is 25.0. The molecule has 158 valence electrons. The number of carbonyl (C=O) groups excluding carboxylic acids is 1. The molecule has 7 nitrogen and oxygen atoms in total. The van der Waals surface area contributed by atoms with E-state index in [0.717, 1.165) is 35.3 Å². The Hall–Kier alpha value is -2.49. The molecule has 0 radical (unpaired) electrons. The normalized spacial score (nSPS) is 15.0. The molecule has 0 bridgehead atoms. The zero-order valence-electron chi connectivity index (χ0n) is 16.8. The first-order valence-corrected chi connectivity index (χ1v) is 12.0. The summed E-state index contributed by atoms with van der Waals surface area (Å²) in [7, 11) is -3.56. The number of anilines is 1.